The fourth-order valence-corrected chi connectivity index (χ4v) is 2.13. The van der Waals surface area contributed by atoms with Crippen LogP contribution in [0.4, 0.5) is 0 Å². The molecule has 0 unspecified atom stereocenters. The molecule has 1 aliphatic carbocycles. The van der Waals surface area contributed by atoms with Gasteiger partial charge in [-0.2, -0.15) is 0 Å². The van der Waals surface area contributed by atoms with Gasteiger partial charge < -0.3 is 9.84 Å². The van der Waals surface area contributed by atoms with Crippen LogP contribution in [0.25, 0.3) is 0 Å². The number of carboxylic acid groups (broad SMARTS) is 1. The fraction of sp³-hybridized carbons (Fsp3) is 0.429. The average Bonchev–Trinajstić information content (AvgIpc) is 2.35. The lowest BCUT2D eigenvalue weighted by molar-refractivity contribution is -0.137. The summed E-state index contributed by atoms with van der Waals surface area (Å²) in [6.45, 7) is 0.388. The molecule has 0 spiro atoms. The zero-order chi connectivity index (χ0) is 13.0. The minimum absolute atomic E-state index is 0.115. The number of Topliss-reactive ketones (excluding diaryl/α,β-unsaturated/α-hetero) is 1. The Morgan fingerprint density at radius 1 is 1.33 bits per heavy atom. The number of benzene rings is 1. The Labute approximate surface area is 106 Å². The number of carbonyl (C=O) groups excluding carboxylic acids is 1. The number of aliphatic carboxylic acids is 1. The second-order valence-electron chi connectivity index (χ2n) is 4.44. The van der Waals surface area contributed by atoms with E-state index in [2.05, 4.69) is 0 Å². The minimum Gasteiger partial charge on any atom is -0.494 e. The van der Waals surface area contributed by atoms with Gasteiger partial charge in [-0.25, -0.2) is 0 Å². The maximum Gasteiger partial charge on any atom is 0.303 e. The summed E-state index contributed by atoms with van der Waals surface area (Å²) in [5.41, 5.74) is 1.85. The normalized spacial score (nSPS) is 14.1. The molecule has 0 aromatic heterocycles. The molecule has 1 N–H and O–H groups in total. The van der Waals surface area contributed by atoms with Crippen LogP contribution in [0.2, 0.25) is 0 Å². The number of hydrogen-bond acceptors (Lipinski definition) is 3. The van der Waals surface area contributed by atoms with Crippen molar-refractivity contribution in [1.29, 1.82) is 0 Å². The second-order valence-corrected chi connectivity index (χ2v) is 4.44. The number of carbonyl (C=O) groups is 2. The van der Waals surface area contributed by atoms with Gasteiger partial charge in [0.15, 0.2) is 5.78 Å². The SMILES string of the molecule is O=C(O)CCCOc1ccc2c(c1)CCCC2=O. The molecule has 0 radical (unpaired) electrons. The lowest BCUT2D eigenvalue weighted by atomic mass is 9.90. The molecule has 0 bridgehead atoms. The van der Waals surface area contributed by atoms with Crippen molar-refractivity contribution in [3.63, 3.8) is 0 Å². The first-order valence-corrected chi connectivity index (χ1v) is 6.17. The molecule has 0 aliphatic heterocycles. The van der Waals surface area contributed by atoms with E-state index < -0.39 is 5.97 Å². The van der Waals surface area contributed by atoms with Crippen LogP contribution < -0.4 is 4.74 Å². The molecule has 0 heterocycles. The lowest BCUT2D eigenvalue weighted by Crippen LogP contribution is -2.11. The number of carboxylic acids is 1. The largest absolute Gasteiger partial charge is 0.494 e. The van der Waals surface area contributed by atoms with Gasteiger partial charge in [0.25, 0.3) is 0 Å². The smallest absolute Gasteiger partial charge is 0.303 e. The third-order valence-electron chi connectivity index (χ3n) is 3.03. The van der Waals surface area contributed by atoms with Crippen LogP contribution in [0, 0.1) is 0 Å². The summed E-state index contributed by atoms with van der Waals surface area (Å²) in [7, 11) is 0. The molecule has 0 amide bonds. The van der Waals surface area contributed by atoms with E-state index in [1.807, 2.05) is 12.1 Å². The maximum atomic E-state index is 11.6. The van der Waals surface area contributed by atoms with Crippen LogP contribution in [0.3, 0.4) is 0 Å². The van der Waals surface area contributed by atoms with Gasteiger partial charge in [-0.1, -0.05) is 0 Å². The summed E-state index contributed by atoms with van der Waals surface area (Å²) in [4.78, 5) is 22.0. The van der Waals surface area contributed by atoms with Crippen LogP contribution in [-0.2, 0) is 11.2 Å². The molecule has 2 rings (SSSR count). The molecule has 0 saturated heterocycles. The first-order chi connectivity index (χ1) is 8.66. The molecule has 1 aromatic carbocycles. The minimum atomic E-state index is -0.811. The van der Waals surface area contributed by atoms with Crippen molar-refractivity contribution in [3.05, 3.63) is 29.3 Å². The van der Waals surface area contributed by atoms with Crippen molar-refractivity contribution in [2.45, 2.75) is 32.1 Å². The van der Waals surface area contributed by atoms with E-state index >= 15 is 0 Å². The summed E-state index contributed by atoms with van der Waals surface area (Å²) >= 11 is 0. The Morgan fingerprint density at radius 3 is 2.94 bits per heavy atom. The van der Waals surface area contributed by atoms with Gasteiger partial charge in [0.05, 0.1) is 6.61 Å². The molecule has 0 fully saturated rings. The molecule has 0 saturated carbocycles. The van der Waals surface area contributed by atoms with Crippen LogP contribution >= 0.6 is 0 Å². The Balaban J connectivity index is 1.94. The highest BCUT2D eigenvalue weighted by atomic mass is 16.5. The Bertz CT molecular complexity index is 465. The molecule has 96 valence electrons. The van der Waals surface area contributed by atoms with E-state index in [1.54, 1.807) is 6.07 Å². The second kappa shape index (κ2) is 5.67. The number of ether oxygens (including phenoxy) is 1. The third kappa shape index (κ3) is 3.09. The summed E-state index contributed by atoms with van der Waals surface area (Å²) in [6, 6.07) is 5.49. The summed E-state index contributed by atoms with van der Waals surface area (Å²) in [5.74, 6) is 0.108. The molecular weight excluding hydrogens is 232 g/mol. The van der Waals surface area contributed by atoms with E-state index in [-0.39, 0.29) is 12.2 Å². The molecule has 4 heteroatoms. The Morgan fingerprint density at radius 2 is 2.17 bits per heavy atom. The van der Waals surface area contributed by atoms with Crippen molar-refractivity contribution < 1.29 is 19.4 Å². The highest BCUT2D eigenvalue weighted by Gasteiger charge is 2.17. The molecule has 0 atom stereocenters. The highest BCUT2D eigenvalue weighted by Crippen LogP contribution is 2.25. The van der Waals surface area contributed by atoms with Gasteiger partial charge in [0, 0.05) is 18.4 Å². The van der Waals surface area contributed by atoms with E-state index in [1.165, 1.54) is 0 Å². The maximum absolute atomic E-state index is 11.6. The molecule has 1 aliphatic rings. The van der Waals surface area contributed by atoms with Gasteiger partial charge in [0.1, 0.15) is 5.75 Å². The van der Waals surface area contributed by atoms with Gasteiger partial charge in [-0.15, -0.1) is 0 Å². The van der Waals surface area contributed by atoms with E-state index in [0.717, 1.165) is 24.0 Å². The van der Waals surface area contributed by atoms with Crippen molar-refractivity contribution >= 4 is 11.8 Å². The highest BCUT2D eigenvalue weighted by molar-refractivity contribution is 5.98. The Kier molecular flexibility index (Phi) is 3.97. The van der Waals surface area contributed by atoms with Crippen LogP contribution in [0.15, 0.2) is 18.2 Å². The van der Waals surface area contributed by atoms with Gasteiger partial charge >= 0.3 is 5.97 Å². The van der Waals surface area contributed by atoms with E-state index in [9.17, 15) is 9.59 Å². The van der Waals surface area contributed by atoms with Crippen molar-refractivity contribution in [3.8, 4) is 5.75 Å². The molecule has 1 aromatic rings. The van der Waals surface area contributed by atoms with Crippen molar-refractivity contribution in [1.82, 2.24) is 0 Å². The van der Waals surface area contributed by atoms with Gasteiger partial charge in [0.2, 0.25) is 0 Å². The first-order valence-electron chi connectivity index (χ1n) is 6.17. The van der Waals surface area contributed by atoms with Crippen molar-refractivity contribution in [2.75, 3.05) is 6.61 Å². The van der Waals surface area contributed by atoms with E-state index in [4.69, 9.17) is 9.84 Å². The zero-order valence-corrected chi connectivity index (χ0v) is 10.1. The number of hydrogen-bond donors (Lipinski definition) is 1. The predicted octanol–water partition coefficient (Wildman–Crippen LogP) is 2.45. The summed E-state index contributed by atoms with van der Waals surface area (Å²) in [5, 5.41) is 8.50. The zero-order valence-electron chi connectivity index (χ0n) is 10.1. The number of rotatable bonds is 5. The number of fused-ring (bicyclic) bond motifs is 1. The van der Waals surface area contributed by atoms with Crippen molar-refractivity contribution in [2.24, 2.45) is 0 Å². The number of aryl methyl sites for hydroxylation is 1. The summed E-state index contributed by atoms with van der Waals surface area (Å²) in [6.07, 6.45) is 3.04. The average molecular weight is 248 g/mol. The monoisotopic (exact) mass is 248 g/mol. The standard InChI is InChI=1S/C14H16O4/c15-13-4-1-3-10-9-11(6-7-12(10)13)18-8-2-5-14(16)17/h6-7,9H,1-5,8H2,(H,16,17). The van der Waals surface area contributed by atoms with Gasteiger partial charge in [-0.05, 0) is 43.0 Å². The fourth-order valence-electron chi connectivity index (χ4n) is 2.13. The van der Waals surface area contributed by atoms with Crippen LogP contribution in [0.1, 0.15) is 41.6 Å². The molecule has 18 heavy (non-hydrogen) atoms. The predicted molar refractivity (Wildman–Crippen MR) is 66.1 cm³/mol. The van der Waals surface area contributed by atoms with Crippen LogP contribution in [0.5, 0.6) is 5.75 Å². The summed E-state index contributed by atoms with van der Waals surface area (Å²) < 4.78 is 5.48. The Hall–Kier alpha value is -1.84. The number of ketones is 1. The molecular formula is C14H16O4. The molecule has 4 nitrogen and oxygen atoms in total. The first kappa shape index (κ1) is 12.6. The topological polar surface area (TPSA) is 63.6 Å². The van der Waals surface area contributed by atoms with E-state index in [0.29, 0.717) is 25.2 Å². The lowest BCUT2D eigenvalue weighted by Gasteiger charge is -2.15. The quantitative estimate of drug-likeness (QED) is 0.813. The third-order valence-corrected chi connectivity index (χ3v) is 3.03. The van der Waals surface area contributed by atoms with Gasteiger partial charge in [-0.3, -0.25) is 9.59 Å². The van der Waals surface area contributed by atoms with Crippen LogP contribution in [-0.4, -0.2) is 23.5 Å².